The van der Waals surface area contributed by atoms with E-state index in [9.17, 15) is 9.90 Å². The number of likely N-dealkylation sites (N-methyl/N-ethyl adjacent to an activating group) is 1. The van der Waals surface area contributed by atoms with Crippen LogP contribution in [0, 0.1) is 0 Å². The molecular formula is C19H28N3O4+. The van der Waals surface area contributed by atoms with Crippen molar-refractivity contribution < 1.29 is 25.0 Å². The number of amides is 1. The second-order valence-corrected chi connectivity index (χ2v) is 6.99. The van der Waals surface area contributed by atoms with Crippen LogP contribution in [-0.2, 0) is 13.0 Å². The fraction of sp³-hybridized carbons (Fsp3) is 0.526. The second-order valence-electron chi connectivity index (χ2n) is 6.99. The molecule has 4 N–H and O–H groups in total. The molecule has 2 heterocycles. The number of carbonyl (C=O) groups excluding carboxylic acids is 1. The van der Waals surface area contributed by atoms with Gasteiger partial charge in [0.1, 0.15) is 31.4 Å². The first-order chi connectivity index (χ1) is 12.6. The predicted octanol–water partition coefficient (Wildman–Crippen LogP) is -1.50. The highest BCUT2D eigenvalue weighted by molar-refractivity contribution is 6.02. The van der Waals surface area contributed by atoms with Gasteiger partial charge in [0.15, 0.2) is 0 Å². The lowest BCUT2D eigenvalue weighted by molar-refractivity contribution is -0.904. The van der Waals surface area contributed by atoms with Crippen molar-refractivity contribution in [2.75, 3.05) is 46.4 Å². The number of benzene rings is 1. The number of rotatable bonds is 8. The van der Waals surface area contributed by atoms with E-state index in [1.807, 2.05) is 28.8 Å². The number of carbonyl (C=O) groups is 1. The summed E-state index contributed by atoms with van der Waals surface area (Å²) in [6.07, 6.45) is 0.135. The van der Waals surface area contributed by atoms with Crippen molar-refractivity contribution in [3.8, 4) is 0 Å². The molecule has 1 aliphatic heterocycles. The molecule has 0 fully saturated rings. The molecule has 142 valence electrons. The third kappa shape index (κ3) is 3.61. The summed E-state index contributed by atoms with van der Waals surface area (Å²) in [6, 6.07) is 7.94. The van der Waals surface area contributed by atoms with Gasteiger partial charge in [-0.3, -0.25) is 4.79 Å². The Kier molecular flexibility index (Phi) is 5.93. The van der Waals surface area contributed by atoms with Gasteiger partial charge in [-0.2, -0.15) is 0 Å². The first-order valence-electron chi connectivity index (χ1n) is 9.15. The number of hydrogen-bond acceptors (Lipinski definition) is 4. The van der Waals surface area contributed by atoms with E-state index in [1.54, 1.807) is 11.9 Å². The summed E-state index contributed by atoms with van der Waals surface area (Å²) in [5.74, 6) is -0.00966. The molecular weight excluding hydrogens is 334 g/mol. The van der Waals surface area contributed by atoms with Crippen LogP contribution in [0.2, 0.25) is 0 Å². The van der Waals surface area contributed by atoms with E-state index in [2.05, 4.69) is 0 Å². The van der Waals surface area contributed by atoms with Gasteiger partial charge in [0.2, 0.25) is 0 Å². The Hall–Kier alpha value is -1.93. The number of quaternary nitrogens is 1. The van der Waals surface area contributed by atoms with E-state index in [-0.39, 0.29) is 19.1 Å². The van der Waals surface area contributed by atoms with Crippen LogP contribution in [-0.4, -0.2) is 83.2 Å². The van der Waals surface area contributed by atoms with Crippen LogP contribution in [0.1, 0.15) is 16.1 Å². The highest BCUT2D eigenvalue weighted by atomic mass is 16.3. The van der Waals surface area contributed by atoms with Crippen molar-refractivity contribution in [2.45, 2.75) is 19.1 Å². The zero-order chi connectivity index (χ0) is 18.7. The largest absolute Gasteiger partial charge is 0.391 e. The molecule has 7 heteroatoms. The van der Waals surface area contributed by atoms with Crippen molar-refractivity contribution >= 4 is 16.8 Å². The van der Waals surface area contributed by atoms with Crippen LogP contribution < -0.4 is 4.90 Å². The van der Waals surface area contributed by atoms with Gasteiger partial charge in [0.25, 0.3) is 5.91 Å². The van der Waals surface area contributed by atoms with Crippen molar-refractivity contribution in [3.63, 3.8) is 0 Å². The first-order valence-corrected chi connectivity index (χ1v) is 9.15. The summed E-state index contributed by atoms with van der Waals surface area (Å²) in [6.45, 7) is 2.39. The maximum Gasteiger partial charge on any atom is 0.270 e. The summed E-state index contributed by atoms with van der Waals surface area (Å²) in [4.78, 5) is 15.4. The Bertz CT molecular complexity index is 767. The molecule has 0 bridgehead atoms. The third-order valence-electron chi connectivity index (χ3n) is 5.17. The number of aliphatic hydroxyl groups excluding tert-OH is 3. The molecule has 0 aliphatic carbocycles. The molecule has 0 saturated heterocycles. The van der Waals surface area contributed by atoms with Gasteiger partial charge < -0.3 is 29.7 Å². The molecule has 1 amide bonds. The molecule has 1 aromatic heterocycles. The maximum atomic E-state index is 12.8. The van der Waals surface area contributed by atoms with Crippen molar-refractivity contribution in [2.24, 2.45) is 0 Å². The number of aliphatic hydroxyl groups is 3. The summed E-state index contributed by atoms with van der Waals surface area (Å²) >= 11 is 0. The lowest BCUT2D eigenvalue weighted by Crippen LogP contribution is -3.14. The number of aromatic nitrogens is 1. The van der Waals surface area contributed by atoms with Crippen molar-refractivity contribution in [1.29, 1.82) is 0 Å². The first kappa shape index (κ1) is 18.8. The summed E-state index contributed by atoms with van der Waals surface area (Å²) in [5.41, 5.74) is 2.70. The van der Waals surface area contributed by atoms with Gasteiger partial charge in [-0.15, -0.1) is 0 Å². The fourth-order valence-electron chi connectivity index (χ4n) is 3.88. The molecule has 1 aromatic carbocycles. The Labute approximate surface area is 153 Å². The average molecular weight is 362 g/mol. The third-order valence-corrected chi connectivity index (χ3v) is 5.17. The molecule has 2 aromatic rings. The van der Waals surface area contributed by atoms with Crippen LogP contribution in [0.25, 0.3) is 10.9 Å². The van der Waals surface area contributed by atoms with E-state index >= 15 is 0 Å². The zero-order valence-electron chi connectivity index (χ0n) is 15.2. The average Bonchev–Trinajstić information content (AvgIpc) is 2.93. The quantitative estimate of drug-likeness (QED) is 0.460. The van der Waals surface area contributed by atoms with Crippen LogP contribution in [0.3, 0.4) is 0 Å². The lowest BCUT2D eigenvalue weighted by Gasteiger charge is -2.26. The SMILES string of the molecule is CN1CCc2c(n(C[C@H](O)C[NH+](CCO)CCO)c3ccccc23)C1=O. The molecule has 0 saturated carbocycles. The van der Waals surface area contributed by atoms with Gasteiger partial charge in [-0.1, -0.05) is 18.2 Å². The minimum atomic E-state index is -0.678. The standard InChI is InChI=1S/C19H27N3O4/c1-20-7-6-16-15-4-2-3-5-17(15)22(18(16)19(20)26)13-14(25)12-21(8-10-23)9-11-24/h2-5,14,23-25H,6-13H2,1H3/p+1/t14-/m1/s1. The van der Waals surface area contributed by atoms with E-state index in [4.69, 9.17) is 10.2 Å². The lowest BCUT2D eigenvalue weighted by atomic mass is 10.0. The molecule has 0 unspecified atom stereocenters. The second kappa shape index (κ2) is 8.18. The number of fused-ring (bicyclic) bond motifs is 3. The minimum Gasteiger partial charge on any atom is -0.391 e. The van der Waals surface area contributed by atoms with Crippen LogP contribution >= 0.6 is 0 Å². The molecule has 7 nitrogen and oxygen atoms in total. The zero-order valence-corrected chi connectivity index (χ0v) is 15.2. The monoisotopic (exact) mass is 362 g/mol. The molecule has 1 atom stereocenters. The Morgan fingerprint density at radius 2 is 1.88 bits per heavy atom. The van der Waals surface area contributed by atoms with Crippen LogP contribution in [0.4, 0.5) is 0 Å². The van der Waals surface area contributed by atoms with Crippen LogP contribution in [0.15, 0.2) is 24.3 Å². The number of nitrogens with one attached hydrogen (secondary N) is 1. The van der Waals surface area contributed by atoms with Gasteiger partial charge in [-0.05, 0) is 18.1 Å². The van der Waals surface area contributed by atoms with Crippen LogP contribution in [0.5, 0.6) is 0 Å². The number of para-hydroxylation sites is 1. The molecule has 0 radical (unpaired) electrons. The molecule has 0 spiro atoms. The van der Waals surface area contributed by atoms with E-state index in [1.165, 1.54) is 0 Å². The summed E-state index contributed by atoms with van der Waals surface area (Å²) < 4.78 is 1.93. The Balaban J connectivity index is 1.91. The predicted molar refractivity (Wildman–Crippen MR) is 98.3 cm³/mol. The molecule has 3 rings (SSSR count). The van der Waals surface area contributed by atoms with Gasteiger partial charge in [-0.25, -0.2) is 0 Å². The summed E-state index contributed by atoms with van der Waals surface area (Å²) in [7, 11) is 1.80. The van der Waals surface area contributed by atoms with E-state index in [0.717, 1.165) is 27.8 Å². The van der Waals surface area contributed by atoms with Gasteiger partial charge in [0.05, 0.1) is 19.8 Å². The molecule has 1 aliphatic rings. The topological polar surface area (TPSA) is 90.4 Å². The maximum absolute atomic E-state index is 12.8. The normalized spacial score (nSPS) is 15.7. The highest BCUT2D eigenvalue weighted by Crippen LogP contribution is 2.30. The number of nitrogens with zero attached hydrogens (tertiary/aromatic N) is 2. The summed E-state index contributed by atoms with van der Waals surface area (Å²) in [5, 5.41) is 30.0. The Morgan fingerprint density at radius 3 is 2.58 bits per heavy atom. The van der Waals surface area contributed by atoms with Crippen molar-refractivity contribution in [3.05, 3.63) is 35.5 Å². The molecule has 26 heavy (non-hydrogen) atoms. The Morgan fingerprint density at radius 1 is 1.19 bits per heavy atom. The van der Waals surface area contributed by atoms with E-state index in [0.29, 0.717) is 38.4 Å². The number of hydrogen-bond donors (Lipinski definition) is 4. The highest BCUT2D eigenvalue weighted by Gasteiger charge is 2.30. The van der Waals surface area contributed by atoms with Gasteiger partial charge in [0, 0.05) is 24.5 Å². The van der Waals surface area contributed by atoms with E-state index < -0.39 is 6.10 Å². The van der Waals surface area contributed by atoms with Crippen molar-refractivity contribution in [1.82, 2.24) is 9.47 Å². The van der Waals surface area contributed by atoms with Gasteiger partial charge >= 0.3 is 0 Å². The minimum absolute atomic E-state index is 0.00713. The smallest absolute Gasteiger partial charge is 0.270 e. The fourth-order valence-corrected chi connectivity index (χ4v) is 3.88.